The van der Waals surface area contributed by atoms with Crippen LogP contribution < -0.4 is 19.1 Å². The SMILES string of the molecule is CCN(C(=O)O)c1nc2cc(I)cnc2n1Cc1ccc(OCc2ccc(OC)cc2)c(OC)c1. The second kappa shape index (κ2) is 10.8. The van der Waals surface area contributed by atoms with Crippen LogP contribution in [0.25, 0.3) is 11.2 Å². The summed E-state index contributed by atoms with van der Waals surface area (Å²) >= 11 is 2.16. The molecule has 0 saturated carbocycles. The van der Waals surface area contributed by atoms with Gasteiger partial charge in [0.25, 0.3) is 0 Å². The van der Waals surface area contributed by atoms with Crippen molar-refractivity contribution in [2.24, 2.45) is 0 Å². The molecule has 182 valence electrons. The fraction of sp³-hybridized carbons (Fsp3) is 0.240. The molecule has 0 fully saturated rings. The number of carboxylic acid groups (broad SMARTS) is 1. The minimum atomic E-state index is -1.07. The summed E-state index contributed by atoms with van der Waals surface area (Å²) in [6.07, 6.45) is 0.664. The zero-order valence-corrected chi connectivity index (χ0v) is 21.7. The molecule has 0 saturated heterocycles. The van der Waals surface area contributed by atoms with Crippen molar-refractivity contribution in [3.8, 4) is 17.2 Å². The van der Waals surface area contributed by atoms with Crippen molar-refractivity contribution in [2.45, 2.75) is 20.1 Å². The summed E-state index contributed by atoms with van der Waals surface area (Å²) in [4.78, 5) is 22.2. The van der Waals surface area contributed by atoms with Crippen molar-refractivity contribution >= 4 is 45.8 Å². The van der Waals surface area contributed by atoms with E-state index in [0.717, 1.165) is 20.4 Å². The van der Waals surface area contributed by atoms with Gasteiger partial charge in [0.1, 0.15) is 17.9 Å². The van der Waals surface area contributed by atoms with Crippen molar-refractivity contribution in [1.82, 2.24) is 14.5 Å². The van der Waals surface area contributed by atoms with Gasteiger partial charge in [-0.25, -0.2) is 19.7 Å². The maximum Gasteiger partial charge on any atom is 0.414 e. The molecule has 1 amide bonds. The van der Waals surface area contributed by atoms with Crippen molar-refractivity contribution < 1.29 is 24.1 Å². The molecule has 0 aliphatic rings. The monoisotopic (exact) mass is 588 g/mol. The van der Waals surface area contributed by atoms with Gasteiger partial charge >= 0.3 is 6.09 Å². The summed E-state index contributed by atoms with van der Waals surface area (Å²) in [7, 11) is 3.22. The molecule has 4 aromatic rings. The predicted molar refractivity (Wildman–Crippen MR) is 141 cm³/mol. The number of imidazole rings is 1. The van der Waals surface area contributed by atoms with E-state index in [4.69, 9.17) is 14.2 Å². The van der Waals surface area contributed by atoms with Crippen LogP contribution in [0.5, 0.6) is 17.2 Å². The number of nitrogens with zero attached hydrogens (tertiary/aromatic N) is 4. The lowest BCUT2D eigenvalue weighted by Crippen LogP contribution is -2.31. The van der Waals surface area contributed by atoms with Crippen LogP contribution in [-0.4, -0.2) is 46.5 Å². The number of aromatic nitrogens is 3. The zero-order chi connectivity index (χ0) is 24.9. The molecule has 0 aliphatic heterocycles. The molecule has 4 rings (SSSR count). The highest BCUT2D eigenvalue weighted by Crippen LogP contribution is 2.31. The lowest BCUT2D eigenvalue weighted by molar-refractivity contribution is 0.201. The van der Waals surface area contributed by atoms with E-state index in [1.807, 2.05) is 48.5 Å². The first-order valence-corrected chi connectivity index (χ1v) is 12.0. The molecule has 2 aromatic heterocycles. The second-order valence-electron chi connectivity index (χ2n) is 7.64. The van der Waals surface area contributed by atoms with Gasteiger partial charge in [0.15, 0.2) is 17.1 Å². The first-order valence-electron chi connectivity index (χ1n) is 10.9. The van der Waals surface area contributed by atoms with Crippen LogP contribution >= 0.6 is 22.6 Å². The van der Waals surface area contributed by atoms with E-state index in [2.05, 4.69) is 32.6 Å². The smallest absolute Gasteiger partial charge is 0.414 e. The molecule has 2 aromatic carbocycles. The van der Waals surface area contributed by atoms with E-state index in [1.165, 1.54) is 4.90 Å². The highest BCUT2D eigenvalue weighted by Gasteiger charge is 2.22. The number of pyridine rings is 1. The molecule has 0 radical (unpaired) electrons. The van der Waals surface area contributed by atoms with Gasteiger partial charge in [-0.1, -0.05) is 18.2 Å². The number of carbonyl (C=O) groups is 1. The van der Waals surface area contributed by atoms with Crippen LogP contribution in [0.1, 0.15) is 18.1 Å². The van der Waals surface area contributed by atoms with E-state index < -0.39 is 6.09 Å². The number of hydrogen-bond acceptors (Lipinski definition) is 6. The molecule has 9 nitrogen and oxygen atoms in total. The molecule has 1 N–H and O–H groups in total. The summed E-state index contributed by atoms with van der Waals surface area (Å²) in [6.45, 7) is 2.77. The van der Waals surface area contributed by atoms with Crippen molar-refractivity contribution in [2.75, 3.05) is 25.7 Å². The van der Waals surface area contributed by atoms with Gasteiger partial charge in [0, 0.05) is 16.3 Å². The minimum absolute atomic E-state index is 0.261. The Balaban J connectivity index is 1.62. The number of methoxy groups -OCH3 is 2. The lowest BCUT2D eigenvalue weighted by atomic mass is 10.2. The third kappa shape index (κ3) is 5.42. The fourth-order valence-corrected chi connectivity index (χ4v) is 4.12. The minimum Gasteiger partial charge on any atom is -0.497 e. The van der Waals surface area contributed by atoms with Crippen LogP contribution in [0.3, 0.4) is 0 Å². The average molecular weight is 588 g/mol. The fourth-order valence-electron chi connectivity index (χ4n) is 3.68. The number of hydrogen-bond donors (Lipinski definition) is 1. The van der Waals surface area contributed by atoms with Gasteiger partial charge in [-0.2, -0.15) is 0 Å². The summed E-state index contributed by atoms with van der Waals surface area (Å²) < 4.78 is 19.5. The molecule has 0 aliphatic carbocycles. The molecule has 0 unspecified atom stereocenters. The molecule has 35 heavy (non-hydrogen) atoms. The van der Waals surface area contributed by atoms with E-state index in [9.17, 15) is 9.90 Å². The highest BCUT2D eigenvalue weighted by molar-refractivity contribution is 14.1. The number of halogens is 1. The molecule has 2 heterocycles. The molecule has 0 spiro atoms. The Morgan fingerprint density at radius 3 is 2.46 bits per heavy atom. The number of anilines is 1. The Labute approximate surface area is 216 Å². The maximum absolute atomic E-state index is 11.9. The van der Waals surface area contributed by atoms with Crippen LogP contribution in [0.15, 0.2) is 54.7 Å². The van der Waals surface area contributed by atoms with Crippen LogP contribution in [0.4, 0.5) is 10.7 Å². The van der Waals surface area contributed by atoms with Crippen molar-refractivity contribution in [3.05, 3.63) is 69.4 Å². The summed E-state index contributed by atoms with van der Waals surface area (Å²) in [5.41, 5.74) is 3.14. The zero-order valence-electron chi connectivity index (χ0n) is 19.6. The normalized spacial score (nSPS) is 10.9. The Bertz CT molecular complexity index is 1340. The maximum atomic E-state index is 11.9. The lowest BCUT2D eigenvalue weighted by Gasteiger charge is -2.18. The number of fused-ring (bicyclic) bond motifs is 1. The molecule has 10 heteroatoms. The third-order valence-electron chi connectivity index (χ3n) is 5.44. The van der Waals surface area contributed by atoms with E-state index in [1.54, 1.807) is 31.9 Å². The summed E-state index contributed by atoms with van der Waals surface area (Å²) in [6, 6.07) is 15.2. The first-order chi connectivity index (χ1) is 16.9. The Kier molecular flexibility index (Phi) is 7.59. The van der Waals surface area contributed by atoms with Crippen molar-refractivity contribution in [3.63, 3.8) is 0 Å². The Morgan fingerprint density at radius 2 is 1.80 bits per heavy atom. The number of benzene rings is 2. The molecular formula is C25H25IN4O5. The van der Waals surface area contributed by atoms with Crippen LogP contribution in [0.2, 0.25) is 0 Å². The highest BCUT2D eigenvalue weighted by atomic mass is 127. The van der Waals surface area contributed by atoms with E-state index in [0.29, 0.717) is 41.8 Å². The molecule has 0 bridgehead atoms. The van der Waals surface area contributed by atoms with Gasteiger partial charge in [0.2, 0.25) is 5.95 Å². The summed E-state index contributed by atoms with van der Waals surface area (Å²) in [5, 5.41) is 9.71. The predicted octanol–water partition coefficient (Wildman–Crippen LogP) is 5.18. The van der Waals surface area contributed by atoms with Gasteiger partial charge in [-0.15, -0.1) is 0 Å². The number of rotatable bonds is 9. The van der Waals surface area contributed by atoms with Gasteiger partial charge in [-0.05, 0) is 71.0 Å². The van der Waals surface area contributed by atoms with E-state index in [-0.39, 0.29) is 6.54 Å². The van der Waals surface area contributed by atoms with Gasteiger partial charge in [-0.3, -0.25) is 4.57 Å². The van der Waals surface area contributed by atoms with Gasteiger partial charge in [0.05, 0.1) is 20.8 Å². The average Bonchev–Trinajstić information content (AvgIpc) is 3.20. The van der Waals surface area contributed by atoms with Crippen LogP contribution in [-0.2, 0) is 13.2 Å². The Hall–Kier alpha value is -3.54. The Morgan fingerprint density at radius 1 is 1.06 bits per heavy atom. The first kappa shape index (κ1) is 24.6. The standard InChI is InChI=1S/C25H25IN4O5/c1-4-29(25(31)32)24-28-20-12-18(26)13-27-23(20)30(24)14-17-7-10-21(22(11-17)34-3)35-15-16-5-8-19(33-2)9-6-16/h5-13H,4,14-15H2,1-3H3,(H,31,32). The topological polar surface area (TPSA) is 98.9 Å². The largest absolute Gasteiger partial charge is 0.497 e. The van der Waals surface area contributed by atoms with Crippen LogP contribution in [0, 0.1) is 3.57 Å². The molecule has 0 atom stereocenters. The van der Waals surface area contributed by atoms with Crippen molar-refractivity contribution in [1.29, 1.82) is 0 Å². The summed E-state index contributed by atoms with van der Waals surface area (Å²) in [5.74, 6) is 2.30. The second-order valence-corrected chi connectivity index (χ2v) is 8.89. The number of ether oxygens (including phenoxy) is 3. The van der Waals surface area contributed by atoms with Gasteiger partial charge < -0.3 is 19.3 Å². The van der Waals surface area contributed by atoms with E-state index >= 15 is 0 Å². The third-order valence-corrected chi connectivity index (χ3v) is 6.03. The number of amides is 1. The quantitative estimate of drug-likeness (QED) is 0.269. The molecular weight excluding hydrogens is 563 g/mol.